The number of anilines is 1. The van der Waals surface area contributed by atoms with Gasteiger partial charge in [-0.05, 0) is 61.9 Å². The Hall–Kier alpha value is -2.19. The van der Waals surface area contributed by atoms with E-state index in [-0.39, 0.29) is 5.91 Å². The zero-order chi connectivity index (χ0) is 18.7. The lowest BCUT2D eigenvalue weighted by Crippen LogP contribution is -2.18. The molecule has 3 rings (SSSR count). The second-order valence-corrected chi connectivity index (χ2v) is 9.24. The van der Waals surface area contributed by atoms with Crippen LogP contribution in [0.4, 0.5) is 5.69 Å². The Bertz CT molecular complexity index is 938. The molecule has 0 saturated heterocycles. The Kier molecular flexibility index (Phi) is 5.43. The SMILES string of the molecule is C/C(=N/NC(=O)c1cc2c(s1)CCCC2)c1cccc(NS(C)(=O)=O)c1. The van der Waals surface area contributed by atoms with E-state index < -0.39 is 10.0 Å². The lowest BCUT2D eigenvalue weighted by atomic mass is 9.99. The number of nitrogens with zero attached hydrogens (tertiary/aromatic N) is 1. The van der Waals surface area contributed by atoms with E-state index in [1.54, 1.807) is 36.5 Å². The summed E-state index contributed by atoms with van der Waals surface area (Å²) in [6.45, 7) is 1.76. The average Bonchev–Trinajstić information content (AvgIpc) is 3.02. The third-order valence-electron chi connectivity index (χ3n) is 4.13. The van der Waals surface area contributed by atoms with E-state index >= 15 is 0 Å². The molecule has 26 heavy (non-hydrogen) atoms. The van der Waals surface area contributed by atoms with Crippen molar-refractivity contribution in [2.45, 2.75) is 32.6 Å². The minimum atomic E-state index is -3.34. The van der Waals surface area contributed by atoms with E-state index in [9.17, 15) is 13.2 Å². The normalized spacial score (nSPS) is 14.6. The van der Waals surface area contributed by atoms with Crippen molar-refractivity contribution in [2.75, 3.05) is 11.0 Å². The number of hydrogen-bond acceptors (Lipinski definition) is 5. The molecule has 1 aliphatic rings. The number of fused-ring (bicyclic) bond motifs is 1. The number of thiophene rings is 1. The maximum Gasteiger partial charge on any atom is 0.281 e. The molecule has 1 amide bonds. The van der Waals surface area contributed by atoms with Gasteiger partial charge < -0.3 is 0 Å². The Labute approximate surface area is 157 Å². The number of amides is 1. The number of sulfonamides is 1. The van der Waals surface area contributed by atoms with E-state index in [2.05, 4.69) is 15.2 Å². The summed E-state index contributed by atoms with van der Waals surface area (Å²) in [5.41, 5.74) is 5.65. The number of hydrogen-bond donors (Lipinski definition) is 2. The zero-order valence-corrected chi connectivity index (χ0v) is 16.3. The minimum absolute atomic E-state index is 0.214. The summed E-state index contributed by atoms with van der Waals surface area (Å²) in [4.78, 5) is 14.3. The van der Waals surface area contributed by atoms with E-state index in [4.69, 9.17) is 0 Å². The molecular formula is C18H21N3O3S2. The number of benzene rings is 1. The maximum atomic E-state index is 12.4. The van der Waals surface area contributed by atoms with Gasteiger partial charge in [-0.25, -0.2) is 13.8 Å². The largest absolute Gasteiger partial charge is 0.284 e. The molecule has 0 fully saturated rings. The quantitative estimate of drug-likeness (QED) is 0.606. The smallest absolute Gasteiger partial charge is 0.281 e. The molecule has 0 bridgehead atoms. The molecule has 1 heterocycles. The van der Waals surface area contributed by atoms with Crippen molar-refractivity contribution in [3.8, 4) is 0 Å². The summed E-state index contributed by atoms with van der Waals surface area (Å²) < 4.78 is 25.1. The molecule has 0 saturated carbocycles. The highest BCUT2D eigenvalue weighted by molar-refractivity contribution is 7.92. The summed E-state index contributed by atoms with van der Waals surface area (Å²) >= 11 is 1.54. The van der Waals surface area contributed by atoms with Crippen LogP contribution in [0.2, 0.25) is 0 Å². The van der Waals surface area contributed by atoms with Crippen LogP contribution in [0.3, 0.4) is 0 Å². The molecule has 0 radical (unpaired) electrons. The summed E-state index contributed by atoms with van der Waals surface area (Å²) in [6, 6.07) is 8.85. The molecule has 2 aromatic rings. The Morgan fingerprint density at radius 3 is 2.69 bits per heavy atom. The fraction of sp³-hybridized carbons (Fsp3) is 0.333. The first-order valence-corrected chi connectivity index (χ1v) is 11.1. The van der Waals surface area contributed by atoms with Crippen LogP contribution in [0.25, 0.3) is 0 Å². The van der Waals surface area contributed by atoms with Gasteiger partial charge in [-0.15, -0.1) is 11.3 Å². The van der Waals surface area contributed by atoms with E-state index in [0.717, 1.165) is 24.7 Å². The second kappa shape index (κ2) is 7.59. The number of rotatable bonds is 5. The van der Waals surface area contributed by atoms with Gasteiger partial charge in [-0.3, -0.25) is 9.52 Å². The Balaban J connectivity index is 1.71. The molecule has 0 aliphatic heterocycles. The topological polar surface area (TPSA) is 87.6 Å². The van der Waals surface area contributed by atoms with Crippen molar-refractivity contribution < 1.29 is 13.2 Å². The number of carbonyl (C=O) groups excluding carboxylic acids is 1. The lowest BCUT2D eigenvalue weighted by Gasteiger charge is -2.08. The van der Waals surface area contributed by atoms with Gasteiger partial charge in [-0.1, -0.05) is 12.1 Å². The number of hydrazone groups is 1. The van der Waals surface area contributed by atoms with Crippen LogP contribution in [0.1, 0.15) is 45.4 Å². The van der Waals surface area contributed by atoms with Crippen LogP contribution >= 0.6 is 11.3 Å². The summed E-state index contributed by atoms with van der Waals surface area (Å²) in [7, 11) is -3.34. The highest BCUT2D eigenvalue weighted by Crippen LogP contribution is 2.29. The fourth-order valence-corrected chi connectivity index (χ4v) is 4.58. The highest BCUT2D eigenvalue weighted by Gasteiger charge is 2.17. The Morgan fingerprint density at radius 1 is 1.19 bits per heavy atom. The van der Waals surface area contributed by atoms with Gasteiger partial charge in [0.1, 0.15) is 0 Å². The third-order valence-corrected chi connectivity index (χ3v) is 5.97. The predicted octanol–water partition coefficient (Wildman–Crippen LogP) is 3.15. The van der Waals surface area contributed by atoms with Gasteiger partial charge in [0.05, 0.1) is 16.8 Å². The molecule has 6 nitrogen and oxygen atoms in total. The standard InChI is InChI=1S/C18H21N3O3S2/c1-12(13-7-5-8-15(10-13)21-26(2,23)24)19-20-18(22)17-11-14-6-3-4-9-16(14)25-17/h5,7-8,10-11,21H,3-4,6,9H2,1-2H3,(H,20,22)/b19-12-. The fourth-order valence-electron chi connectivity index (χ4n) is 2.88. The van der Waals surface area contributed by atoms with Gasteiger partial charge in [-0.2, -0.15) is 5.10 Å². The lowest BCUT2D eigenvalue weighted by molar-refractivity contribution is 0.0959. The molecule has 1 aromatic heterocycles. The van der Waals surface area contributed by atoms with Gasteiger partial charge in [0.25, 0.3) is 5.91 Å². The van der Waals surface area contributed by atoms with E-state index in [0.29, 0.717) is 16.3 Å². The van der Waals surface area contributed by atoms with Crippen molar-refractivity contribution in [1.82, 2.24) is 5.43 Å². The molecule has 1 aromatic carbocycles. The zero-order valence-electron chi connectivity index (χ0n) is 14.7. The molecule has 138 valence electrons. The van der Waals surface area contributed by atoms with E-state index in [1.807, 2.05) is 12.1 Å². The molecule has 0 spiro atoms. The van der Waals surface area contributed by atoms with Crippen molar-refractivity contribution in [3.05, 3.63) is 51.2 Å². The average molecular weight is 392 g/mol. The van der Waals surface area contributed by atoms with Gasteiger partial charge in [0.15, 0.2) is 0 Å². The molecule has 2 N–H and O–H groups in total. The maximum absolute atomic E-state index is 12.4. The third kappa shape index (κ3) is 4.70. The summed E-state index contributed by atoms with van der Waals surface area (Å²) in [6.07, 6.45) is 5.56. The predicted molar refractivity (Wildman–Crippen MR) is 106 cm³/mol. The monoisotopic (exact) mass is 391 g/mol. The van der Waals surface area contributed by atoms with Crippen molar-refractivity contribution in [3.63, 3.8) is 0 Å². The van der Waals surface area contributed by atoms with Gasteiger partial charge in [0, 0.05) is 10.6 Å². The van der Waals surface area contributed by atoms with Gasteiger partial charge in [0.2, 0.25) is 10.0 Å². The van der Waals surface area contributed by atoms with E-state index in [1.165, 1.54) is 23.3 Å². The van der Waals surface area contributed by atoms with Crippen LogP contribution in [0.5, 0.6) is 0 Å². The first-order chi connectivity index (χ1) is 12.3. The molecule has 0 unspecified atom stereocenters. The molecule has 8 heteroatoms. The number of aryl methyl sites for hydroxylation is 2. The minimum Gasteiger partial charge on any atom is -0.284 e. The van der Waals surface area contributed by atoms with Crippen molar-refractivity contribution in [2.24, 2.45) is 5.10 Å². The first kappa shape index (κ1) is 18.6. The van der Waals surface area contributed by atoms with Crippen LogP contribution in [-0.2, 0) is 22.9 Å². The highest BCUT2D eigenvalue weighted by atomic mass is 32.2. The number of nitrogens with one attached hydrogen (secondary N) is 2. The van der Waals surface area contributed by atoms with Crippen LogP contribution in [-0.4, -0.2) is 26.3 Å². The first-order valence-electron chi connectivity index (χ1n) is 8.36. The van der Waals surface area contributed by atoms with Crippen molar-refractivity contribution in [1.29, 1.82) is 0 Å². The second-order valence-electron chi connectivity index (χ2n) is 6.36. The molecule has 0 atom stereocenters. The number of carbonyl (C=O) groups is 1. The van der Waals surface area contributed by atoms with Crippen molar-refractivity contribution >= 4 is 38.7 Å². The Morgan fingerprint density at radius 2 is 1.96 bits per heavy atom. The molecule has 1 aliphatic carbocycles. The molecular weight excluding hydrogens is 370 g/mol. The van der Waals surface area contributed by atoms with Crippen LogP contribution < -0.4 is 10.1 Å². The van der Waals surface area contributed by atoms with Crippen LogP contribution in [0.15, 0.2) is 35.4 Å². The summed E-state index contributed by atoms with van der Waals surface area (Å²) in [5.74, 6) is -0.214. The van der Waals surface area contributed by atoms with Crippen LogP contribution in [0, 0.1) is 0 Å². The summed E-state index contributed by atoms with van der Waals surface area (Å²) in [5, 5.41) is 4.16. The van der Waals surface area contributed by atoms with Gasteiger partial charge >= 0.3 is 0 Å².